The zero-order valence-electron chi connectivity index (χ0n) is 23.3. The number of aromatic nitrogens is 2. The Hall–Kier alpha value is -4.88. The van der Waals surface area contributed by atoms with Gasteiger partial charge in [0.1, 0.15) is 10.0 Å². The zero-order valence-corrected chi connectivity index (χ0v) is 25.8. The van der Waals surface area contributed by atoms with E-state index in [9.17, 15) is 0 Å². The highest BCUT2D eigenvalue weighted by atomic mass is 32.1. The minimum atomic E-state index is 1.01. The molecule has 0 bridgehead atoms. The lowest BCUT2D eigenvalue weighted by molar-refractivity contribution is 1.29. The molecule has 208 valence electrons. The van der Waals surface area contributed by atoms with Crippen LogP contribution in [0.2, 0.25) is 0 Å². The quantitative estimate of drug-likeness (QED) is 0.192. The Morgan fingerprint density at radius 3 is 1.68 bits per heavy atom. The van der Waals surface area contributed by atoms with Crippen molar-refractivity contribution in [2.24, 2.45) is 0 Å². The van der Waals surface area contributed by atoms with E-state index in [0.717, 1.165) is 53.9 Å². The van der Waals surface area contributed by atoms with E-state index in [1.807, 2.05) is 11.3 Å². The second-order valence-corrected chi connectivity index (χ2v) is 13.8. The predicted octanol–water partition coefficient (Wildman–Crippen LogP) is 12.1. The molecular weight excluding hydrogens is 595 g/mol. The van der Waals surface area contributed by atoms with Crippen LogP contribution in [0.4, 0.5) is 17.1 Å². The van der Waals surface area contributed by atoms with Crippen molar-refractivity contribution in [1.82, 2.24) is 9.97 Å². The topological polar surface area (TPSA) is 29.0 Å². The summed E-state index contributed by atoms with van der Waals surface area (Å²) in [5.74, 6) is 0. The summed E-state index contributed by atoms with van der Waals surface area (Å²) in [7, 11) is 0. The molecule has 3 nitrogen and oxygen atoms in total. The second-order valence-electron chi connectivity index (χ2n) is 10.7. The van der Waals surface area contributed by atoms with Crippen molar-refractivity contribution in [1.29, 1.82) is 0 Å². The van der Waals surface area contributed by atoms with Crippen LogP contribution in [-0.2, 0) is 0 Å². The Balaban J connectivity index is 1.08. The lowest BCUT2D eigenvalue weighted by atomic mass is 10.1. The number of hydrogen-bond donors (Lipinski definition) is 0. The number of thiazole rings is 2. The molecule has 9 aromatic rings. The van der Waals surface area contributed by atoms with Crippen molar-refractivity contribution in [2.75, 3.05) is 4.90 Å². The number of hydrogen-bond acceptors (Lipinski definition) is 6. The molecule has 0 fully saturated rings. The molecular formula is C38H23N3S3. The van der Waals surface area contributed by atoms with Gasteiger partial charge in [0, 0.05) is 48.4 Å². The highest BCUT2D eigenvalue weighted by Crippen LogP contribution is 2.41. The smallest absolute Gasteiger partial charge is 0.124 e. The second kappa shape index (κ2) is 10.4. The van der Waals surface area contributed by atoms with Crippen LogP contribution in [0.3, 0.4) is 0 Å². The fraction of sp³-hybridized carbons (Fsp3) is 0. The van der Waals surface area contributed by atoms with Gasteiger partial charge in [0.25, 0.3) is 0 Å². The summed E-state index contributed by atoms with van der Waals surface area (Å²) in [5.41, 5.74) is 7.68. The summed E-state index contributed by atoms with van der Waals surface area (Å²) < 4.78 is 4.97. The van der Waals surface area contributed by atoms with E-state index < -0.39 is 0 Å². The first-order chi connectivity index (χ1) is 21.8. The molecule has 0 saturated heterocycles. The highest BCUT2D eigenvalue weighted by molar-refractivity contribution is 7.26. The van der Waals surface area contributed by atoms with Gasteiger partial charge in [-0.3, -0.25) is 0 Å². The summed E-state index contributed by atoms with van der Waals surface area (Å²) in [6, 6.07) is 49.5. The third kappa shape index (κ3) is 4.38. The monoisotopic (exact) mass is 617 g/mol. The van der Waals surface area contributed by atoms with Gasteiger partial charge in [-0.1, -0.05) is 60.7 Å². The van der Waals surface area contributed by atoms with Crippen molar-refractivity contribution in [3.8, 4) is 21.1 Å². The number of para-hydroxylation sites is 2. The molecule has 0 unspecified atom stereocenters. The van der Waals surface area contributed by atoms with Crippen LogP contribution in [0.15, 0.2) is 140 Å². The zero-order chi connectivity index (χ0) is 29.0. The summed E-state index contributed by atoms with van der Waals surface area (Å²) >= 11 is 5.33. The van der Waals surface area contributed by atoms with Gasteiger partial charge in [-0.25, -0.2) is 9.97 Å². The van der Waals surface area contributed by atoms with E-state index in [1.54, 1.807) is 22.7 Å². The van der Waals surface area contributed by atoms with Gasteiger partial charge in [0.05, 0.1) is 20.4 Å². The predicted molar refractivity (Wildman–Crippen MR) is 191 cm³/mol. The molecule has 0 radical (unpaired) electrons. The van der Waals surface area contributed by atoms with Gasteiger partial charge in [-0.2, -0.15) is 0 Å². The SMILES string of the molecule is c1ccc(N(c2ccccc2)c2ccc3nc(-c4ccc5nc(-c6ccc7sc8ccccc8c7c6)sc5c4)sc3c2)cc1. The Labute approximate surface area is 266 Å². The third-order valence-electron chi connectivity index (χ3n) is 7.92. The number of fused-ring (bicyclic) bond motifs is 5. The van der Waals surface area contributed by atoms with Crippen molar-refractivity contribution in [3.05, 3.63) is 140 Å². The molecule has 0 N–H and O–H groups in total. The number of rotatable bonds is 5. The Bertz CT molecular complexity index is 2420. The van der Waals surface area contributed by atoms with Crippen molar-refractivity contribution >= 4 is 91.7 Å². The molecule has 0 aliphatic rings. The van der Waals surface area contributed by atoms with Gasteiger partial charge in [0.15, 0.2) is 0 Å². The molecule has 9 rings (SSSR count). The molecule has 6 aromatic carbocycles. The summed E-state index contributed by atoms with van der Waals surface area (Å²) in [4.78, 5) is 12.4. The van der Waals surface area contributed by atoms with Crippen molar-refractivity contribution < 1.29 is 0 Å². The molecule has 3 aromatic heterocycles. The van der Waals surface area contributed by atoms with Gasteiger partial charge in [-0.15, -0.1) is 34.0 Å². The molecule has 0 aliphatic heterocycles. The minimum Gasteiger partial charge on any atom is -0.310 e. The van der Waals surface area contributed by atoms with E-state index in [4.69, 9.17) is 9.97 Å². The highest BCUT2D eigenvalue weighted by Gasteiger charge is 2.16. The fourth-order valence-electron chi connectivity index (χ4n) is 5.82. The lowest BCUT2D eigenvalue weighted by Crippen LogP contribution is -2.09. The number of nitrogens with zero attached hydrogens (tertiary/aromatic N) is 3. The van der Waals surface area contributed by atoms with E-state index >= 15 is 0 Å². The maximum atomic E-state index is 5.04. The summed E-state index contributed by atoms with van der Waals surface area (Å²) in [6.07, 6.45) is 0. The first-order valence-corrected chi connectivity index (χ1v) is 16.9. The average Bonchev–Trinajstić information content (AvgIpc) is 3.80. The van der Waals surface area contributed by atoms with E-state index in [0.29, 0.717) is 0 Å². The maximum Gasteiger partial charge on any atom is 0.124 e. The standard InChI is InChI=1S/C38H23N3S3/c1-3-9-26(10-4-1)41(27-11-5-2-6-12-27)28-17-19-32-36(23-28)44-38(40-32)25-15-18-31-35(22-25)43-37(39-31)24-16-20-34-30(21-24)29-13-7-8-14-33(29)42-34/h1-23H. The molecule has 0 spiro atoms. The van der Waals surface area contributed by atoms with Crippen LogP contribution in [0, 0.1) is 0 Å². The number of thiophene rings is 1. The van der Waals surface area contributed by atoms with Crippen LogP contribution in [-0.4, -0.2) is 9.97 Å². The fourth-order valence-corrected chi connectivity index (χ4v) is 8.90. The Kier molecular flexibility index (Phi) is 6.04. The summed E-state index contributed by atoms with van der Waals surface area (Å²) in [5, 5.41) is 4.68. The largest absolute Gasteiger partial charge is 0.310 e. The first kappa shape index (κ1) is 25.6. The number of anilines is 3. The van der Waals surface area contributed by atoms with Crippen LogP contribution in [0.5, 0.6) is 0 Å². The lowest BCUT2D eigenvalue weighted by Gasteiger charge is -2.25. The van der Waals surface area contributed by atoms with Crippen molar-refractivity contribution in [2.45, 2.75) is 0 Å². The first-order valence-electron chi connectivity index (χ1n) is 14.4. The van der Waals surface area contributed by atoms with Crippen LogP contribution >= 0.6 is 34.0 Å². The minimum absolute atomic E-state index is 1.01. The maximum absolute atomic E-state index is 5.04. The van der Waals surface area contributed by atoms with Crippen LogP contribution < -0.4 is 4.90 Å². The molecule has 6 heteroatoms. The molecule has 0 saturated carbocycles. The Morgan fingerprint density at radius 1 is 0.386 bits per heavy atom. The van der Waals surface area contributed by atoms with Gasteiger partial charge < -0.3 is 4.90 Å². The third-order valence-corrected chi connectivity index (χ3v) is 11.2. The molecule has 0 amide bonds. The molecule has 44 heavy (non-hydrogen) atoms. The van der Waals surface area contributed by atoms with E-state index in [1.165, 1.54) is 24.9 Å². The van der Waals surface area contributed by atoms with Crippen LogP contribution in [0.1, 0.15) is 0 Å². The van der Waals surface area contributed by atoms with Gasteiger partial charge in [-0.05, 0) is 78.9 Å². The normalized spacial score (nSPS) is 11.6. The molecule has 0 atom stereocenters. The van der Waals surface area contributed by atoms with Gasteiger partial charge in [0.2, 0.25) is 0 Å². The van der Waals surface area contributed by atoms with E-state index in [-0.39, 0.29) is 0 Å². The Morgan fingerprint density at radius 2 is 0.955 bits per heavy atom. The summed E-state index contributed by atoms with van der Waals surface area (Å²) in [6.45, 7) is 0. The average molecular weight is 618 g/mol. The molecule has 0 aliphatic carbocycles. The van der Waals surface area contributed by atoms with E-state index in [2.05, 4.69) is 144 Å². The van der Waals surface area contributed by atoms with Crippen molar-refractivity contribution in [3.63, 3.8) is 0 Å². The number of benzene rings is 6. The van der Waals surface area contributed by atoms with Gasteiger partial charge >= 0.3 is 0 Å². The molecule has 3 heterocycles. The van der Waals surface area contributed by atoms with Crippen LogP contribution in [0.25, 0.3) is 61.7 Å².